The van der Waals surface area contributed by atoms with Crippen molar-refractivity contribution >= 4 is 17.7 Å². The minimum atomic E-state index is -0.797. The predicted octanol–water partition coefficient (Wildman–Crippen LogP) is 1.09. The molecule has 1 saturated heterocycles. The second kappa shape index (κ2) is 6.78. The molecule has 0 spiro atoms. The molecule has 0 aliphatic carbocycles. The molecule has 4 nitrogen and oxygen atoms in total. The third-order valence-corrected chi connectivity index (χ3v) is 3.96. The van der Waals surface area contributed by atoms with Crippen LogP contribution in [-0.4, -0.2) is 58.7 Å². The average molecular weight is 274 g/mol. The lowest BCUT2D eigenvalue weighted by molar-refractivity contribution is -0.139. The maximum Gasteiger partial charge on any atom is 0.239 e. The van der Waals surface area contributed by atoms with Crippen LogP contribution in [0.3, 0.4) is 0 Å². The molecule has 2 N–H and O–H groups in total. The summed E-state index contributed by atoms with van der Waals surface area (Å²) in [5.74, 6) is 0.787. The second-order valence-electron chi connectivity index (χ2n) is 5.71. The van der Waals surface area contributed by atoms with E-state index in [1.165, 1.54) is 0 Å². The Labute approximate surface area is 115 Å². The number of β-amino-alcohol motifs (C(OH)–C–C–N with tert-alkyl or cyclic N) is 1. The SMILES string of the molecule is CSCC(C)(O)CN1CCCC(NC(C)C)C1=O. The molecular weight excluding hydrogens is 248 g/mol. The van der Waals surface area contributed by atoms with Crippen molar-refractivity contribution in [1.82, 2.24) is 10.2 Å². The number of piperidine rings is 1. The van der Waals surface area contributed by atoms with Crippen molar-refractivity contribution < 1.29 is 9.90 Å². The highest BCUT2D eigenvalue weighted by atomic mass is 32.2. The Hall–Kier alpha value is -0.260. The Kier molecular flexibility index (Phi) is 5.95. The molecule has 0 aromatic heterocycles. The van der Waals surface area contributed by atoms with Crippen LogP contribution in [0.2, 0.25) is 0 Å². The molecule has 0 saturated carbocycles. The van der Waals surface area contributed by atoms with Gasteiger partial charge in [-0.25, -0.2) is 0 Å². The molecule has 0 aromatic carbocycles. The van der Waals surface area contributed by atoms with E-state index >= 15 is 0 Å². The number of nitrogens with zero attached hydrogens (tertiary/aromatic N) is 1. The first-order valence-corrected chi connectivity index (χ1v) is 8.01. The molecule has 106 valence electrons. The fourth-order valence-electron chi connectivity index (χ4n) is 2.42. The summed E-state index contributed by atoms with van der Waals surface area (Å²) in [7, 11) is 0. The van der Waals surface area contributed by atoms with Gasteiger partial charge in [-0.1, -0.05) is 13.8 Å². The highest BCUT2D eigenvalue weighted by Crippen LogP contribution is 2.18. The molecule has 2 atom stereocenters. The zero-order valence-electron chi connectivity index (χ0n) is 11.9. The summed E-state index contributed by atoms with van der Waals surface area (Å²) in [5.41, 5.74) is -0.797. The second-order valence-corrected chi connectivity index (χ2v) is 6.57. The number of hydrogen-bond donors (Lipinski definition) is 2. The van der Waals surface area contributed by atoms with Crippen LogP contribution in [0.25, 0.3) is 0 Å². The van der Waals surface area contributed by atoms with Crippen molar-refractivity contribution in [3.63, 3.8) is 0 Å². The molecule has 0 radical (unpaired) electrons. The number of carbonyl (C=O) groups excluding carboxylic acids is 1. The highest BCUT2D eigenvalue weighted by molar-refractivity contribution is 7.98. The molecule has 0 aromatic rings. The third-order valence-electron chi connectivity index (χ3n) is 3.05. The number of rotatable bonds is 6. The van der Waals surface area contributed by atoms with E-state index in [1.807, 2.05) is 6.26 Å². The molecule has 1 rings (SSSR count). The van der Waals surface area contributed by atoms with Crippen LogP contribution >= 0.6 is 11.8 Å². The summed E-state index contributed by atoms with van der Waals surface area (Å²) in [5, 5.41) is 13.5. The lowest BCUT2D eigenvalue weighted by Crippen LogP contribution is -2.56. The van der Waals surface area contributed by atoms with Crippen molar-refractivity contribution in [3.8, 4) is 0 Å². The van der Waals surface area contributed by atoms with Gasteiger partial charge < -0.3 is 15.3 Å². The number of likely N-dealkylation sites (tertiary alicyclic amines) is 1. The molecule has 1 heterocycles. The lowest BCUT2D eigenvalue weighted by atomic mass is 10.0. The van der Waals surface area contributed by atoms with E-state index in [-0.39, 0.29) is 11.9 Å². The standard InChI is InChI=1S/C13H26N2O2S/c1-10(2)14-11-6-5-7-15(12(11)16)8-13(3,17)9-18-4/h10-11,14,17H,5-9H2,1-4H3. The first-order chi connectivity index (χ1) is 8.35. The fourth-order valence-corrected chi connectivity index (χ4v) is 3.14. The molecule has 5 heteroatoms. The summed E-state index contributed by atoms with van der Waals surface area (Å²) < 4.78 is 0. The Bertz CT molecular complexity index is 282. The van der Waals surface area contributed by atoms with E-state index in [0.29, 0.717) is 18.3 Å². The lowest BCUT2D eigenvalue weighted by Gasteiger charge is -2.37. The van der Waals surface area contributed by atoms with Crippen LogP contribution in [0.1, 0.15) is 33.6 Å². The van der Waals surface area contributed by atoms with E-state index in [1.54, 1.807) is 23.6 Å². The number of carbonyl (C=O) groups is 1. The Balaban J connectivity index is 2.58. The average Bonchev–Trinajstić information content (AvgIpc) is 2.23. The molecule has 1 amide bonds. The van der Waals surface area contributed by atoms with E-state index in [2.05, 4.69) is 19.2 Å². The molecule has 18 heavy (non-hydrogen) atoms. The van der Waals surface area contributed by atoms with Gasteiger partial charge in [0.1, 0.15) is 0 Å². The summed E-state index contributed by atoms with van der Waals surface area (Å²) in [6, 6.07) is 0.231. The van der Waals surface area contributed by atoms with Crippen LogP contribution in [-0.2, 0) is 4.79 Å². The summed E-state index contributed by atoms with van der Waals surface area (Å²) in [6.07, 6.45) is 3.87. The van der Waals surface area contributed by atoms with Gasteiger partial charge in [-0.3, -0.25) is 4.79 Å². The fraction of sp³-hybridized carbons (Fsp3) is 0.923. The molecule has 2 unspecified atom stereocenters. The van der Waals surface area contributed by atoms with Gasteiger partial charge in [-0.15, -0.1) is 0 Å². The third kappa shape index (κ3) is 4.78. The predicted molar refractivity (Wildman–Crippen MR) is 76.9 cm³/mol. The van der Waals surface area contributed by atoms with Crippen LogP contribution < -0.4 is 5.32 Å². The summed E-state index contributed by atoms with van der Waals surface area (Å²) in [4.78, 5) is 14.1. The van der Waals surface area contributed by atoms with Gasteiger partial charge in [0.05, 0.1) is 11.6 Å². The first-order valence-electron chi connectivity index (χ1n) is 6.62. The molecule has 1 aliphatic rings. The van der Waals surface area contributed by atoms with E-state index in [4.69, 9.17) is 0 Å². The normalized spacial score (nSPS) is 24.4. The van der Waals surface area contributed by atoms with Gasteiger partial charge >= 0.3 is 0 Å². The van der Waals surface area contributed by atoms with Crippen LogP contribution in [0.5, 0.6) is 0 Å². The number of nitrogens with one attached hydrogen (secondary N) is 1. The quantitative estimate of drug-likeness (QED) is 0.761. The number of thioether (sulfide) groups is 1. The van der Waals surface area contributed by atoms with Gasteiger partial charge in [-0.2, -0.15) is 11.8 Å². The summed E-state index contributed by atoms with van der Waals surface area (Å²) >= 11 is 1.61. The van der Waals surface area contributed by atoms with Crippen molar-refractivity contribution in [3.05, 3.63) is 0 Å². The topological polar surface area (TPSA) is 52.6 Å². The van der Waals surface area contributed by atoms with Crippen LogP contribution in [0, 0.1) is 0 Å². The number of amides is 1. The van der Waals surface area contributed by atoms with Crippen molar-refractivity contribution in [1.29, 1.82) is 0 Å². The van der Waals surface area contributed by atoms with E-state index in [0.717, 1.165) is 19.4 Å². The Morgan fingerprint density at radius 3 is 2.83 bits per heavy atom. The smallest absolute Gasteiger partial charge is 0.239 e. The zero-order valence-corrected chi connectivity index (χ0v) is 12.7. The molecule has 1 fully saturated rings. The van der Waals surface area contributed by atoms with Gasteiger partial charge in [0.25, 0.3) is 0 Å². The number of aliphatic hydroxyl groups is 1. The highest BCUT2D eigenvalue weighted by Gasteiger charge is 2.33. The minimum Gasteiger partial charge on any atom is -0.387 e. The van der Waals surface area contributed by atoms with Gasteiger partial charge in [-0.05, 0) is 26.0 Å². The Morgan fingerprint density at radius 2 is 2.28 bits per heavy atom. The maximum absolute atomic E-state index is 12.3. The van der Waals surface area contributed by atoms with Crippen molar-refractivity contribution in [2.75, 3.05) is 25.1 Å². The number of hydrogen-bond acceptors (Lipinski definition) is 4. The van der Waals surface area contributed by atoms with Crippen LogP contribution in [0.15, 0.2) is 0 Å². The zero-order chi connectivity index (χ0) is 13.8. The van der Waals surface area contributed by atoms with Gasteiger partial charge in [0, 0.05) is 24.9 Å². The molecule has 1 aliphatic heterocycles. The van der Waals surface area contributed by atoms with Gasteiger partial charge in [0.2, 0.25) is 5.91 Å². The molecule has 0 bridgehead atoms. The summed E-state index contributed by atoms with van der Waals surface area (Å²) in [6.45, 7) is 7.10. The largest absolute Gasteiger partial charge is 0.387 e. The van der Waals surface area contributed by atoms with Crippen molar-refractivity contribution in [2.45, 2.75) is 51.3 Å². The van der Waals surface area contributed by atoms with Crippen LogP contribution in [0.4, 0.5) is 0 Å². The minimum absolute atomic E-state index is 0.0798. The van der Waals surface area contributed by atoms with Gasteiger partial charge in [0.15, 0.2) is 0 Å². The van der Waals surface area contributed by atoms with E-state index < -0.39 is 5.60 Å². The first kappa shape index (κ1) is 15.8. The van der Waals surface area contributed by atoms with Crippen molar-refractivity contribution in [2.24, 2.45) is 0 Å². The van der Waals surface area contributed by atoms with E-state index in [9.17, 15) is 9.90 Å². The monoisotopic (exact) mass is 274 g/mol. The molecular formula is C13H26N2O2S. The Morgan fingerprint density at radius 1 is 1.61 bits per heavy atom. The maximum atomic E-state index is 12.3.